The van der Waals surface area contributed by atoms with Crippen molar-refractivity contribution in [1.29, 1.82) is 0 Å². The lowest BCUT2D eigenvalue weighted by molar-refractivity contribution is 0.993. The summed E-state index contributed by atoms with van der Waals surface area (Å²) in [4.78, 5) is 10.3. The fraction of sp³-hybridized carbons (Fsp3) is 0.250. The molecule has 0 aliphatic carbocycles. The summed E-state index contributed by atoms with van der Waals surface area (Å²) in [6.45, 7) is 0. The minimum atomic E-state index is 0.599. The molecule has 0 unspecified atom stereocenters. The summed E-state index contributed by atoms with van der Waals surface area (Å²) in [5, 5.41) is 0. The molecule has 0 saturated heterocycles. The Kier molecular flexibility index (Phi) is 3.38. The Labute approximate surface area is 99.5 Å². The van der Waals surface area contributed by atoms with Crippen molar-refractivity contribution in [3.05, 3.63) is 31.1 Å². The Morgan fingerprint density at radius 1 is 0.929 bits per heavy atom. The largest absolute Gasteiger partial charge is 0.233 e. The number of nitrogens with zero attached hydrogens (tertiary/aromatic N) is 2. The molecule has 2 nitrogen and oxygen atoms in total. The van der Waals surface area contributed by atoms with Crippen LogP contribution in [0.25, 0.3) is 0 Å². The van der Waals surface area contributed by atoms with Gasteiger partial charge < -0.3 is 0 Å². The highest BCUT2D eigenvalue weighted by Crippen LogP contribution is 2.22. The van der Waals surface area contributed by atoms with E-state index in [-0.39, 0.29) is 0 Å². The predicted molar refractivity (Wildman–Crippen MR) is 61.7 cm³/mol. The van der Waals surface area contributed by atoms with Crippen molar-refractivity contribution in [2.24, 2.45) is 0 Å². The molecule has 0 N–H and O–H groups in total. The summed E-state index contributed by atoms with van der Waals surface area (Å²) < 4.78 is 1.20. The van der Waals surface area contributed by atoms with Crippen LogP contribution in [0.15, 0.2) is 12.4 Å². The molecule has 0 radical (unpaired) electrons. The van der Waals surface area contributed by atoms with Gasteiger partial charge in [-0.3, -0.25) is 0 Å². The van der Waals surface area contributed by atoms with E-state index in [1.54, 1.807) is 0 Å². The molecule has 0 aliphatic heterocycles. The third-order valence-electron chi connectivity index (χ3n) is 1.67. The highest BCUT2D eigenvalue weighted by molar-refractivity contribution is 7.16. The zero-order chi connectivity index (χ0) is 9.97. The van der Waals surface area contributed by atoms with Crippen molar-refractivity contribution < 1.29 is 0 Å². The summed E-state index contributed by atoms with van der Waals surface area (Å²) in [5.74, 6) is 0. The molecule has 0 saturated carbocycles. The van der Waals surface area contributed by atoms with Crippen LogP contribution >= 0.6 is 45.9 Å². The number of aromatic nitrogens is 2. The first-order valence-corrected chi connectivity index (χ1v) is 6.33. The molecule has 74 valence electrons. The maximum atomic E-state index is 5.72. The molecule has 0 fully saturated rings. The van der Waals surface area contributed by atoms with Crippen LogP contribution in [-0.2, 0) is 12.8 Å². The number of halogens is 2. The van der Waals surface area contributed by atoms with Crippen LogP contribution < -0.4 is 0 Å². The van der Waals surface area contributed by atoms with Crippen molar-refractivity contribution >= 4 is 45.9 Å². The Morgan fingerprint density at radius 3 is 1.64 bits per heavy atom. The van der Waals surface area contributed by atoms with E-state index in [0.29, 0.717) is 8.93 Å². The molecule has 0 atom stereocenters. The fourth-order valence-corrected chi connectivity index (χ4v) is 3.00. The van der Waals surface area contributed by atoms with E-state index in [9.17, 15) is 0 Å². The SMILES string of the molecule is Clc1ncc(CCc2cnc(Cl)s2)s1. The lowest BCUT2D eigenvalue weighted by Crippen LogP contribution is -1.84. The quantitative estimate of drug-likeness (QED) is 0.845. The van der Waals surface area contributed by atoms with Crippen LogP contribution in [0.2, 0.25) is 8.93 Å². The van der Waals surface area contributed by atoms with Crippen LogP contribution in [0.3, 0.4) is 0 Å². The standard InChI is InChI=1S/C8H6Cl2N2S2/c9-7-11-3-5(13-7)1-2-6-4-12-8(10)14-6/h3-4H,1-2H2. The highest BCUT2D eigenvalue weighted by Gasteiger charge is 2.03. The van der Waals surface area contributed by atoms with Crippen LogP contribution in [0.5, 0.6) is 0 Å². The molecule has 6 heteroatoms. The van der Waals surface area contributed by atoms with E-state index in [1.165, 1.54) is 32.4 Å². The number of hydrogen-bond donors (Lipinski definition) is 0. The van der Waals surface area contributed by atoms with E-state index in [0.717, 1.165) is 12.8 Å². The first-order chi connectivity index (χ1) is 6.74. The molecule has 2 rings (SSSR count). The summed E-state index contributed by atoms with van der Waals surface area (Å²) in [5.41, 5.74) is 0. The fourth-order valence-electron chi connectivity index (χ4n) is 1.04. The van der Waals surface area contributed by atoms with Gasteiger partial charge in [0.25, 0.3) is 0 Å². The molecule has 0 aliphatic rings. The molecule has 2 heterocycles. The number of rotatable bonds is 3. The van der Waals surface area contributed by atoms with Crippen LogP contribution in [-0.4, -0.2) is 9.97 Å². The van der Waals surface area contributed by atoms with Crippen molar-refractivity contribution in [3.8, 4) is 0 Å². The first kappa shape index (κ1) is 10.4. The Morgan fingerprint density at radius 2 is 1.36 bits per heavy atom. The molecular formula is C8H6Cl2N2S2. The van der Waals surface area contributed by atoms with Crippen molar-refractivity contribution in [2.75, 3.05) is 0 Å². The van der Waals surface area contributed by atoms with Gasteiger partial charge >= 0.3 is 0 Å². The van der Waals surface area contributed by atoms with Gasteiger partial charge in [0.05, 0.1) is 0 Å². The summed E-state index contributed by atoms with van der Waals surface area (Å²) in [6, 6.07) is 0. The second kappa shape index (κ2) is 4.57. The monoisotopic (exact) mass is 264 g/mol. The molecule has 0 amide bonds. The second-order valence-corrected chi connectivity index (χ2v) is 6.05. The number of thiazole rings is 2. The van der Waals surface area contributed by atoms with Gasteiger partial charge in [-0.1, -0.05) is 23.2 Å². The minimum absolute atomic E-state index is 0.599. The Hall–Kier alpha value is -0.160. The molecular weight excluding hydrogens is 259 g/mol. The van der Waals surface area contributed by atoms with Gasteiger partial charge in [0.15, 0.2) is 8.93 Å². The number of hydrogen-bond acceptors (Lipinski definition) is 4. The van der Waals surface area contributed by atoms with E-state index in [2.05, 4.69) is 9.97 Å². The number of aryl methyl sites for hydroxylation is 2. The van der Waals surface area contributed by atoms with E-state index >= 15 is 0 Å². The molecule has 2 aromatic rings. The van der Waals surface area contributed by atoms with Crippen molar-refractivity contribution in [3.63, 3.8) is 0 Å². The maximum Gasteiger partial charge on any atom is 0.183 e. The van der Waals surface area contributed by atoms with Gasteiger partial charge in [-0.05, 0) is 12.8 Å². The zero-order valence-electron chi connectivity index (χ0n) is 7.04. The smallest absolute Gasteiger partial charge is 0.183 e. The lowest BCUT2D eigenvalue weighted by Gasteiger charge is -1.91. The third kappa shape index (κ3) is 2.67. The van der Waals surface area contributed by atoms with Gasteiger partial charge in [0.2, 0.25) is 0 Å². The molecule has 2 aromatic heterocycles. The normalized spacial score (nSPS) is 10.7. The van der Waals surface area contributed by atoms with Crippen molar-refractivity contribution in [1.82, 2.24) is 9.97 Å². The van der Waals surface area contributed by atoms with Crippen molar-refractivity contribution in [2.45, 2.75) is 12.8 Å². The first-order valence-electron chi connectivity index (χ1n) is 3.94. The molecule has 14 heavy (non-hydrogen) atoms. The summed E-state index contributed by atoms with van der Waals surface area (Å²) in [7, 11) is 0. The Balaban J connectivity index is 1.94. The highest BCUT2D eigenvalue weighted by atomic mass is 35.5. The maximum absolute atomic E-state index is 5.72. The van der Waals surface area contributed by atoms with Crippen LogP contribution in [0.1, 0.15) is 9.75 Å². The van der Waals surface area contributed by atoms with E-state index < -0.39 is 0 Å². The van der Waals surface area contributed by atoms with Gasteiger partial charge in [-0.2, -0.15) is 0 Å². The summed E-state index contributed by atoms with van der Waals surface area (Å²) in [6.07, 6.45) is 5.52. The minimum Gasteiger partial charge on any atom is -0.233 e. The van der Waals surface area contributed by atoms with Gasteiger partial charge in [-0.15, -0.1) is 22.7 Å². The van der Waals surface area contributed by atoms with Gasteiger partial charge in [0.1, 0.15) is 0 Å². The van der Waals surface area contributed by atoms with Crippen LogP contribution in [0, 0.1) is 0 Å². The average Bonchev–Trinajstić information content (AvgIpc) is 2.72. The Bertz CT molecular complexity index is 384. The molecule has 0 aromatic carbocycles. The predicted octanol–water partition coefficient (Wildman–Crippen LogP) is 3.69. The van der Waals surface area contributed by atoms with Crippen LogP contribution in [0.4, 0.5) is 0 Å². The summed E-state index contributed by atoms with van der Waals surface area (Å²) >= 11 is 14.5. The van der Waals surface area contributed by atoms with Gasteiger partial charge in [-0.25, -0.2) is 9.97 Å². The van der Waals surface area contributed by atoms with E-state index in [1.807, 2.05) is 12.4 Å². The third-order valence-corrected chi connectivity index (χ3v) is 4.02. The second-order valence-electron chi connectivity index (χ2n) is 2.66. The molecule has 0 spiro atoms. The molecule has 0 bridgehead atoms. The van der Waals surface area contributed by atoms with E-state index in [4.69, 9.17) is 23.2 Å². The van der Waals surface area contributed by atoms with Gasteiger partial charge in [0, 0.05) is 22.1 Å². The lowest BCUT2D eigenvalue weighted by atomic mass is 10.2. The zero-order valence-corrected chi connectivity index (χ0v) is 10.2. The average molecular weight is 265 g/mol. The topological polar surface area (TPSA) is 25.8 Å².